The fourth-order valence-electron chi connectivity index (χ4n) is 10.3. The number of fused-ring (bicyclic) bond motifs is 3. The Balaban J connectivity index is 1.15. The normalized spacial score (nSPS) is 11.3. The van der Waals surface area contributed by atoms with E-state index >= 15 is 0 Å². The highest BCUT2D eigenvalue weighted by molar-refractivity contribution is 7.19. The molecule has 6 nitrogen and oxygen atoms in total. The summed E-state index contributed by atoms with van der Waals surface area (Å²) < 4.78 is 2.36. The zero-order valence-corrected chi connectivity index (χ0v) is 39.9. The summed E-state index contributed by atoms with van der Waals surface area (Å²) in [6.07, 6.45) is 0. The molecule has 0 aliphatic carbocycles. The van der Waals surface area contributed by atoms with Gasteiger partial charge in [-0.3, -0.25) is 0 Å². The van der Waals surface area contributed by atoms with E-state index in [0.29, 0.717) is 28.8 Å². The third-order valence-corrected chi connectivity index (χ3v) is 18.4. The highest BCUT2D eigenvalue weighted by Gasteiger charge is 2.41. The second-order valence-electron chi connectivity index (χ2n) is 17.7. The Kier molecular flexibility index (Phi) is 11.2. The van der Waals surface area contributed by atoms with Crippen LogP contribution in [-0.4, -0.2) is 27.6 Å². The Morgan fingerprint density at radius 3 is 1.33 bits per heavy atom. The van der Waals surface area contributed by atoms with Gasteiger partial charge in [-0.2, -0.15) is 0 Å². The fraction of sp³-hybridized carbons (Fsp3) is 0. The zero-order valence-electron chi connectivity index (χ0n) is 38.9. The van der Waals surface area contributed by atoms with E-state index in [-0.39, 0.29) is 0 Å². The van der Waals surface area contributed by atoms with Crippen LogP contribution in [-0.2, 0) is 0 Å². The van der Waals surface area contributed by atoms with Gasteiger partial charge < -0.3 is 4.57 Å². The van der Waals surface area contributed by atoms with Crippen molar-refractivity contribution in [3.63, 3.8) is 0 Å². The molecule has 0 amide bonds. The SMILES string of the molecule is [C-]#[N+]c1cc([N+]#[C-])cc(-c2ccc3c4ccccc4n(-c4cc(-c5nc(-c6ccccc6)nc(-c6ccccc6)n5)ccc4-c4cccc([Si](c5ccccc5)(c5ccccc5)c5ccccc5)c4)c3c2)c1. The first-order valence-electron chi connectivity index (χ1n) is 23.8. The van der Waals surface area contributed by atoms with E-state index < -0.39 is 8.07 Å². The van der Waals surface area contributed by atoms with Gasteiger partial charge in [-0.05, 0) is 55.6 Å². The van der Waals surface area contributed by atoms with E-state index in [1.54, 1.807) is 6.07 Å². The molecule has 0 saturated heterocycles. The molecule has 0 aliphatic rings. The van der Waals surface area contributed by atoms with Gasteiger partial charge in [0, 0.05) is 33.0 Å². The lowest BCUT2D eigenvalue weighted by molar-refractivity contribution is 1.07. The number of rotatable bonds is 10. The summed E-state index contributed by atoms with van der Waals surface area (Å²) in [5, 5.41) is 7.33. The van der Waals surface area contributed by atoms with Gasteiger partial charge in [0.1, 0.15) is 0 Å². The van der Waals surface area contributed by atoms with Gasteiger partial charge in [0.05, 0.1) is 29.9 Å². The molecule has 0 spiro atoms. The van der Waals surface area contributed by atoms with Crippen LogP contribution >= 0.6 is 0 Å². The van der Waals surface area contributed by atoms with Crippen molar-refractivity contribution < 1.29 is 0 Å². The minimum Gasteiger partial charge on any atom is -0.309 e. The van der Waals surface area contributed by atoms with Crippen molar-refractivity contribution in [2.24, 2.45) is 0 Å². The van der Waals surface area contributed by atoms with Crippen molar-refractivity contribution >= 4 is 62.0 Å². The molecule has 2 heterocycles. The zero-order chi connectivity index (χ0) is 48.4. The minimum atomic E-state index is -2.91. The first-order chi connectivity index (χ1) is 35.6. The van der Waals surface area contributed by atoms with Gasteiger partial charge in [0.15, 0.2) is 36.9 Å². The molecule has 12 aromatic rings. The molecule has 10 aromatic carbocycles. The van der Waals surface area contributed by atoms with Crippen LogP contribution in [0.3, 0.4) is 0 Å². The first-order valence-corrected chi connectivity index (χ1v) is 25.8. The van der Waals surface area contributed by atoms with Gasteiger partial charge in [-0.1, -0.05) is 237 Å². The molecule has 0 atom stereocenters. The average molecular weight is 935 g/mol. The standard InChI is InChI=1S/C65H42N6Si/c1-66-51-39-50(40-52(44-51)67-2)47-35-38-59-58-33-18-19-34-60(58)71(62(59)42-47)61-43-49(65-69-63(45-21-8-3-9-22-45)68-64(70-65)46-23-10-4-11-24-46)36-37-57(61)48-25-20-32-56(41-48)72(53-26-12-5-13-27-53,54-28-14-6-15-29-54)55-30-16-7-17-31-55/h3-44H. The van der Waals surface area contributed by atoms with Crippen molar-refractivity contribution in [1.29, 1.82) is 0 Å². The summed E-state index contributed by atoms with van der Waals surface area (Å²) in [4.78, 5) is 22.9. The van der Waals surface area contributed by atoms with Crippen LogP contribution in [0.25, 0.3) is 93.6 Å². The third-order valence-electron chi connectivity index (χ3n) is 13.6. The fourth-order valence-corrected chi connectivity index (χ4v) is 15.1. The Morgan fingerprint density at radius 1 is 0.319 bits per heavy atom. The van der Waals surface area contributed by atoms with Crippen molar-refractivity contribution in [2.75, 3.05) is 0 Å². The van der Waals surface area contributed by atoms with Crippen LogP contribution < -0.4 is 20.7 Å². The van der Waals surface area contributed by atoms with Crippen molar-refractivity contribution in [2.45, 2.75) is 0 Å². The predicted molar refractivity (Wildman–Crippen MR) is 297 cm³/mol. The third kappa shape index (κ3) is 7.73. The highest BCUT2D eigenvalue weighted by atomic mass is 28.3. The maximum Gasteiger partial charge on any atom is 0.179 e. The molecule has 7 heteroatoms. The van der Waals surface area contributed by atoms with Crippen LogP contribution in [0.5, 0.6) is 0 Å². The molecule has 0 aliphatic heterocycles. The van der Waals surface area contributed by atoms with Crippen LogP contribution in [0.15, 0.2) is 255 Å². The van der Waals surface area contributed by atoms with Gasteiger partial charge in [-0.25, -0.2) is 24.6 Å². The van der Waals surface area contributed by atoms with E-state index in [4.69, 9.17) is 28.1 Å². The minimum absolute atomic E-state index is 0.428. The number of hydrogen-bond acceptors (Lipinski definition) is 3. The maximum atomic E-state index is 7.85. The Morgan fingerprint density at radius 2 is 0.778 bits per heavy atom. The smallest absolute Gasteiger partial charge is 0.179 e. The van der Waals surface area contributed by atoms with E-state index in [1.807, 2.05) is 72.8 Å². The molecule has 72 heavy (non-hydrogen) atoms. The molecule has 0 fully saturated rings. The summed E-state index contributed by atoms with van der Waals surface area (Å²) in [6, 6.07) is 89.3. The summed E-state index contributed by atoms with van der Waals surface area (Å²) >= 11 is 0. The van der Waals surface area contributed by atoms with Gasteiger partial charge in [0.2, 0.25) is 0 Å². The molecule has 0 unspecified atom stereocenters. The van der Waals surface area contributed by atoms with Crippen molar-refractivity contribution in [1.82, 2.24) is 19.5 Å². The summed E-state index contributed by atoms with van der Waals surface area (Å²) in [5.74, 6) is 1.73. The molecule has 0 N–H and O–H groups in total. The number of nitrogens with zero attached hydrogens (tertiary/aromatic N) is 6. The van der Waals surface area contributed by atoms with E-state index in [1.165, 1.54) is 20.7 Å². The van der Waals surface area contributed by atoms with Crippen LogP contribution in [0.1, 0.15) is 0 Å². The Hall–Kier alpha value is -9.79. The van der Waals surface area contributed by atoms with Crippen LogP contribution in [0.2, 0.25) is 0 Å². The molecule has 0 bridgehead atoms. The highest BCUT2D eigenvalue weighted by Crippen LogP contribution is 2.41. The van der Waals surface area contributed by atoms with E-state index in [9.17, 15) is 0 Å². The van der Waals surface area contributed by atoms with Crippen LogP contribution in [0.4, 0.5) is 11.4 Å². The largest absolute Gasteiger partial charge is 0.309 e. The number of aromatic nitrogens is 4. The Labute approximate surface area is 419 Å². The maximum absolute atomic E-state index is 7.85. The van der Waals surface area contributed by atoms with Crippen molar-refractivity contribution in [3.05, 3.63) is 278 Å². The van der Waals surface area contributed by atoms with E-state index in [0.717, 1.165) is 66.4 Å². The predicted octanol–water partition coefficient (Wildman–Crippen LogP) is 13.8. The second kappa shape index (κ2) is 18.6. The number of hydrogen-bond donors (Lipinski definition) is 0. The summed E-state index contributed by atoms with van der Waals surface area (Å²) in [5.41, 5.74) is 10.2. The molecule has 0 saturated carbocycles. The molecular formula is C65H42N6Si. The Bertz CT molecular complexity index is 3860. The van der Waals surface area contributed by atoms with Gasteiger partial charge in [0.25, 0.3) is 0 Å². The van der Waals surface area contributed by atoms with Crippen molar-refractivity contribution in [3.8, 4) is 62.1 Å². The first kappa shape index (κ1) is 43.5. The van der Waals surface area contributed by atoms with Gasteiger partial charge >= 0.3 is 0 Å². The lowest BCUT2D eigenvalue weighted by atomic mass is 10.00. The molecule has 12 rings (SSSR count). The molecule has 0 radical (unpaired) electrons. The molecule has 2 aromatic heterocycles. The summed E-state index contributed by atoms with van der Waals surface area (Å²) in [7, 11) is -2.91. The quantitative estimate of drug-likeness (QED) is 0.0780. The lowest BCUT2D eigenvalue weighted by Crippen LogP contribution is -2.74. The van der Waals surface area contributed by atoms with E-state index in [2.05, 4.69) is 190 Å². The van der Waals surface area contributed by atoms with Crippen LogP contribution in [0, 0.1) is 13.1 Å². The monoisotopic (exact) mass is 934 g/mol. The molecular weight excluding hydrogens is 893 g/mol. The summed E-state index contributed by atoms with van der Waals surface area (Å²) in [6.45, 7) is 15.7. The second-order valence-corrected chi connectivity index (χ2v) is 21.6. The average Bonchev–Trinajstić information content (AvgIpc) is 3.80. The van der Waals surface area contributed by atoms with Gasteiger partial charge in [-0.15, -0.1) is 0 Å². The topological polar surface area (TPSA) is 52.3 Å². The lowest BCUT2D eigenvalue weighted by Gasteiger charge is -2.34. The number of para-hydroxylation sites is 1. The number of benzene rings is 10. The molecule has 336 valence electrons.